The molecule has 2 rings (SSSR count). The molecule has 0 radical (unpaired) electrons. The maximum Gasteiger partial charge on any atom is 0.304 e. The van der Waals surface area contributed by atoms with Gasteiger partial charge in [-0.3, -0.25) is 10.1 Å². The van der Waals surface area contributed by atoms with Crippen LogP contribution in [-0.4, -0.2) is 22.2 Å². The number of nitrogens with zero attached hydrogens (tertiary/aromatic N) is 1. The third-order valence-corrected chi connectivity index (χ3v) is 3.03. The van der Waals surface area contributed by atoms with E-state index in [-0.39, 0.29) is 12.1 Å². The molecule has 1 aromatic rings. The minimum atomic E-state index is -0.830. The van der Waals surface area contributed by atoms with Crippen LogP contribution in [0.5, 0.6) is 0 Å². The molecule has 0 atom stereocenters. The summed E-state index contributed by atoms with van der Waals surface area (Å²) in [7, 11) is 0. The van der Waals surface area contributed by atoms with Crippen molar-refractivity contribution in [2.24, 2.45) is 0 Å². The molecule has 1 saturated carbocycles. The van der Waals surface area contributed by atoms with E-state index in [2.05, 4.69) is 5.32 Å². The number of benzene rings is 1. The summed E-state index contributed by atoms with van der Waals surface area (Å²) >= 11 is 0. The zero-order valence-corrected chi connectivity index (χ0v) is 9.15. The van der Waals surface area contributed by atoms with Gasteiger partial charge in [-0.2, -0.15) is 4.39 Å². The van der Waals surface area contributed by atoms with Crippen molar-refractivity contribution in [3.8, 4) is 0 Å². The lowest BCUT2D eigenvalue weighted by molar-refractivity contribution is -0.387. The number of nitro groups is 1. The molecule has 1 aliphatic rings. The van der Waals surface area contributed by atoms with Crippen molar-refractivity contribution in [1.82, 2.24) is 5.32 Å². The Morgan fingerprint density at radius 1 is 1.53 bits per heavy atom. The Labute approximate surface area is 97.4 Å². The zero-order chi connectivity index (χ0) is 12.5. The molecule has 0 spiro atoms. The van der Waals surface area contributed by atoms with Crippen LogP contribution in [0.15, 0.2) is 18.2 Å². The largest absolute Gasteiger partial charge is 0.394 e. The number of aliphatic hydroxyl groups excluding tert-OH is 1. The number of nitrogens with one attached hydrogen (secondary N) is 1. The van der Waals surface area contributed by atoms with Gasteiger partial charge in [0.05, 0.1) is 11.5 Å². The van der Waals surface area contributed by atoms with Gasteiger partial charge in [0.15, 0.2) is 0 Å². The Bertz CT molecular complexity index is 446. The van der Waals surface area contributed by atoms with Gasteiger partial charge in [-0.05, 0) is 24.5 Å². The van der Waals surface area contributed by atoms with Crippen LogP contribution in [0, 0.1) is 15.9 Å². The summed E-state index contributed by atoms with van der Waals surface area (Å²) in [4.78, 5) is 9.68. The van der Waals surface area contributed by atoms with Gasteiger partial charge in [0.25, 0.3) is 0 Å². The van der Waals surface area contributed by atoms with Crippen molar-refractivity contribution in [2.45, 2.75) is 24.9 Å². The number of rotatable bonds is 5. The van der Waals surface area contributed by atoms with E-state index in [0.29, 0.717) is 12.1 Å². The van der Waals surface area contributed by atoms with E-state index in [9.17, 15) is 14.5 Å². The molecule has 0 heterocycles. The molecule has 0 aromatic heterocycles. The number of halogens is 1. The van der Waals surface area contributed by atoms with E-state index in [1.54, 1.807) is 0 Å². The average Bonchev–Trinajstić information content (AvgIpc) is 3.07. The van der Waals surface area contributed by atoms with Crippen molar-refractivity contribution >= 4 is 5.69 Å². The molecule has 0 bridgehead atoms. The first-order chi connectivity index (χ1) is 8.06. The third kappa shape index (κ3) is 2.59. The monoisotopic (exact) mass is 240 g/mol. The number of nitro benzene ring substituents is 1. The van der Waals surface area contributed by atoms with E-state index in [0.717, 1.165) is 25.0 Å². The summed E-state index contributed by atoms with van der Waals surface area (Å²) in [6, 6.07) is 3.82. The second-order valence-electron chi connectivity index (χ2n) is 4.33. The molecule has 0 saturated heterocycles. The quantitative estimate of drug-likeness (QED) is 0.601. The molecule has 92 valence electrons. The van der Waals surface area contributed by atoms with Crippen LogP contribution in [-0.2, 0) is 6.54 Å². The smallest absolute Gasteiger partial charge is 0.304 e. The number of hydrogen-bond donors (Lipinski definition) is 2. The minimum Gasteiger partial charge on any atom is -0.394 e. The molecule has 5 nitrogen and oxygen atoms in total. The second-order valence-corrected chi connectivity index (χ2v) is 4.33. The molecule has 2 N–H and O–H groups in total. The Hall–Kier alpha value is -1.53. The fourth-order valence-electron chi connectivity index (χ4n) is 1.64. The molecule has 0 amide bonds. The fourth-order valence-corrected chi connectivity index (χ4v) is 1.64. The zero-order valence-electron chi connectivity index (χ0n) is 9.15. The summed E-state index contributed by atoms with van der Waals surface area (Å²) in [6.07, 6.45) is 1.80. The Balaban J connectivity index is 2.03. The maximum atomic E-state index is 13.3. The van der Waals surface area contributed by atoms with Gasteiger partial charge in [0, 0.05) is 18.2 Å². The highest BCUT2D eigenvalue weighted by molar-refractivity contribution is 5.35. The van der Waals surface area contributed by atoms with Crippen LogP contribution in [0.1, 0.15) is 18.4 Å². The van der Waals surface area contributed by atoms with E-state index >= 15 is 0 Å². The van der Waals surface area contributed by atoms with Gasteiger partial charge in [0.2, 0.25) is 5.82 Å². The molecule has 6 heteroatoms. The van der Waals surface area contributed by atoms with Crippen molar-refractivity contribution < 1.29 is 14.4 Å². The molecule has 1 fully saturated rings. The van der Waals surface area contributed by atoms with Crippen LogP contribution in [0.2, 0.25) is 0 Å². The summed E-state index contributed by atoms with van der Waals surface area (Å²) in [5, 5.41) is 22.6. The molecule has 0 aliphatic heterocycles. The van der Waals surface area contributed by atoms with Crippen molar-refractivity contribution in [3.05, 3.63) is 39.7 Å². The molecular formula is C11H13FN2O3. The van der Waals surface area contributed by atoms with E-state index in [1.807, 2.05) is 0 Å². The standard InChI is InChI=1S/C11H13FN2O3/c12-9-5-8(1-2-10(9)14(16)17)6-13-11(7-15)3-4-11/h1-2,5,13,15H,3-4,6-7H2. The predicted octanol–water partition coefficient (Wildman–Crippen LogP) is 1.35. The van der Waals surface area contributed by atoms with Crippen LogP contribution >= 0.6 is 0 Å². The van der Waals surface area contributed by atoms with E-state index in [4.69, 9.17) is 5.11 Å². The van der Waals surface area contributed by atoms with Crippen LogP contribution < -0.4 is 5.32 Å². The van der Waals surface area contributed by atoms with Gasteiger partial charge in [0.1, 0.15) is 0 Å². The molecule has 0 unspecified atom stereocenters. The fraction of sp³-hybridized carbons (Fsp3) is 0.455. The van der Waals surface area contributed by atoms with E-state index < -0.39 is 16.4 Å². The Morgan fingerprint density at radius 2 is 2.24 bits per heavy atom. The van der Waals surface area contributed by atoms with Crippen molar-refractivity contribution in [3.63, 3.8) is 0 Å². The van der Waals surface area contributed by atoms with Crippen LogP contribution in [0.4, 0.5) is 10.1 Å². The summed E-state index contributed by atoms with van der Waals surface area (Å²) in [5.74, 6) is -0.830. The lowest BCUT2D eigenvalue weighted by Crippen LogP contribution is -2.34. The summed E-state index contributed by atoms with van der Waals surface area (Å²) in [6.45, 7) is 0.456. The highest BCUT2D eigenvalue weighted by atomic mass is 19.1. The van der Waals surface area contributed by atoms with Gasteiger partial charge in [-0.1, -0.05) is 6.07 Å². The lowest BCUT2D eigenvalue weighted by Gasteiger charge is -2.13. The maximum absolute atomic E-state index is 13.3. The molecular weight excluding hydrogens is 227 g/mol. The van der Waals surface area contributed by atoms with Gasteiger partial charge in [-0.25, -0.2) is 0 Å². The third-order valence-electron chi connectivity index (χ3n) is 3.03. The topological polar surface area (TPSA) is 75.4 Å². The first-order valence-electron chi connectivity index (χ1n) is 5.35. The predicted molar refractivity (Wildman–Crippen MR) is 58.9 cm³/mol. The lowest BCUT2D eigenvalue weighted by atomic mass is 10.2. The SMILES string of the molecule is O=[N+]([O-])c1ccc(CNC2(CO)CC2)cc1F. The number of hydrogen-bond acceptors (Lipinski definition) is 4. The van der Waals surface area contributed by atoms with Crippen LogP contribution in [0.3, 0.4) is 0 Å². The first-order valence-corrected chi connectivity index (χ1v) is 5.35. The summed E-state index contributed by atoms with van der Waals surface area (Å²) in [5.41, 5.74) is -0.108. The normalized spacial score (nSPS) is 16.8. The Morgan fingerprint density at radius 3 is 2.71 bits per heavy atom. The van der Waals surface area contributed by atoms with Gasteiger partial charge < -0.3 is 10.4 Å². The second kappa shape index (κ2) is 4.38. The highest BCUT2D eigenvalue weighted by Gasteiger charge is 2.41. The van der Waals surface area contributed by atoms with Crippen LogP contribution in [0.25, 0.3) is 0 Å². The Kier molecular flexibility index (Phi) is 3.08. The molecule has 1 aromatic carbocycles. The number of aliphatic hydroxyl groups is 1. The van der Waals surface area contributed by atoms with E-state index in [1.165, 1.54) is 6.07 Å². The van der Waals surface area contributed by atoms with Crippen molar-refractivity contribution in [2.75, 3.05) is 6.61 Å². The van der Waals surface area contributed by atoms with Gasteiger partial charge >= 0.3 is 5.69 Å². The first kappa shape index (κ1) is 11.9. The minimum absolute atomic E-state index is 0.0580. The molecule has 1 aliphatic carbocycles. The van der Waals surface area contributed by atoms with Gasteiger partial charge in [-0.15, -0.1) is 0 Å². The van der Waals surface area contributed by atoms with Crippen molar-refractivity contribution in [1.29, 1.82) is 0 Å². The average molecular weight is 240 g/mol. The molecule has 17 heavy (non-hydrogen) atoms. The summed E-state index contributed by atoms with van der Waals surface area (Å²) < 4.78 is 13.3. The highest BCUT2D eigenvalue weighted by Crippen LogP contribution is 2.34.